The maximum Gasteiger partial charge on any atom is 0.0593 e. The summed E-state index contributed by atoms with van der Waals surface area (Å²) in [5.41, 5.74) is 2.84. The van der Waals surface area contributed by atoms with E-state index in [0.29, 0.717) is 6.04 Å². The zero-order chi connectivity index (χ0) is 15.8. The molecule has 0 aromatic heterocycles. The van der Waals surface area contributed by atoms with Crippen LogP contribution in [0.25, 0.3) is 0 Å². The number of hydrogen-bond donors (Lipinski definition) is 0. The van der Waals surface area contributed by atoms with Gasteiger partial charge in [-0.05, 0) is 26.3 Å². The van der Waals surface area contributed by atoms with Crippen LogP contribution in [0.15, 0.2) is 42.0 Å². The summed E-state index contributed by atoms with van der Waals surface area (Å²) >= 11 is 0. The molecule has 2 rings (SSSR count). The Bertz CT molecular complexity index is 450. The Hall–Kier alpha value is -1.16. The van der Waals surface area contributed by atoms with Crippen molar-refractivity contribution in [1.82, 2.24) is 9.80 Å². The molecule has 1 aliphatic heterocycles. The van der Waals surface area contributed by atoms with E-state index in [1.807, 2.05) is 0 Å². The van der Waals surface area contributed by atoms with Gasteiger partial charge >= 0.3 is 0 Å². The van der Waals surface area contributed by atoms with E-state index >= 15 is 0 Å². The summed E-state index contributed by atoms with van der Waals surface area (Å²) in [7, 11) is 0. The lowest BCUT2D eigenvalue weighted by molar-refractivity contribution is 0.0703. The summed E-state index contributed by atoms with van der Waals surface area (Å²) in [6.45, 7) is 13.7. The lowest BCUT2D eigenvalue weighted by Crippen LogP contribution is -2.48. The Morgan fingerprint density at radius 2 is 1.86 bits per heavy atom. The van der Waals surface area contributed by atoms with Crippen molar-refractivity contribution >= 4 is 0 Å². The minimum absolute atomic E-state index is 0.417. The van der Waals surface area contributed by atoms with Crippen molar-refractivity contribution in [3.63, 3.8) is 0 Å². The normalized spacial score (nSPS) is 19.3. The summed E-state index contributed by atoms with van der Waals surface area (Å²) in [6, 6.07) is 11.3. The van der Waals surface area contributed by atoms with Crippen LogP contribution in [0, 0.1) is 0 Å². The first-order valence-electron chi connectivity index (χ1n) is 8.48. The van der Waals surface area contributed by atoms with Gasteiger partial charge in [0.25, 0.3) is 0 Å². The standard InChI is InChI=1S/C19H30N2O/c1-4-17(3)19(18-9-7-6-8-10-18)21-13-11-20(12-14-21)15-16-22-5-2/h4,6-10,19H,5,11-16H2,1-3H3/b17-4+. The molecule has 0 bridgehead atoms. The van der Waals surface area contributed by atoms with Gasteiger partial charge in [-0.1, -0.05) is 42.0 Å². The van der Waals surface area contributed by atoms with Gasteiger partial charge in [-0.2, -0.15) is 0 Å². The fraction of sp³-hybridized carbons (Fsp3) is 0.579. The van der Waals surface area contributed by atoms with Crippen LogP contribution in [-0.2, 0) is 4.74 Å². The number of ether oxygens (including phenoxy) is 1. The molecule has 0 aliphatic carbocycles. The van der Waals surface area contributed by atoms with Crippen molar-refractivity contribution in [2.45, 2.75) is 26.8 Å². The Kier molecular flexibility index (Phi) is 7.10. The predicted molar refractivity (Wildman–Crippen MR) is 93.1 cm³/mol. The molecule has 3 nitrogen and oxygen atoms in total. The monoisotopic (exact) mass is 302 g/mol. The van der Waals surface area contributed by atoms with Crippen LogP contribution in [0.5, 0.6) is 0 Å². The van der Waals surface area contributed by atoms with Crippen LogP contribution in [0.1, 0.15) is 32.4 Å². The summed E-state index contributed by atoms with van der Waals surface area (Å²) in [5.74, 6) is 0. The van der Waals surface area contributed by atoms with Gasteiger partial charge < -0.3 is 4.74 Å². The van der Waals surface area contributed by atoms with Crippen LogP contribution in [0.4, 0.5) is 0 Å². The first-order chi connectivity index (χ1) is 10.8. The fourth-order valence-corrected chi connectivity index (χ4v) is 3.14. The van der Waals surface area contributed by atoms with Crippen molar-refractivity contribution in [2.24, 2.45) is 0 Å². The number of allylic oxidation sites excluding steroid dienone is 1. The molecule has 1 aromatic carbocycles. The predicted octanol–water partition coefficient (Wildman–Crippen LogP) is 3.35. The molecule has 1 atom stereocenters. The number of hydrogen-bond acceptors (Lipinski definition) is 3. The van der Waals surface area contributed by atoms with Crippen molar-refractivity contribution in [3.8, 4) is 0 Å². The summed E-state index contributed by atoms with van der Waals surface area (Å²) < 4.78 is 5.47. The molecular formula is C19H30N2O. The van der Waals surface area contributed by atoms with Gasteiger partial charge in [0.05, 0.1) is 12.6 Å². The second-order valence-corrected chi connectivity index (χ2v) is 5.92. The zero-order valence-corrected chi connectivity index (χ0v) is 14.3. The van der Waals surface area contributed by atoms with Crippen LogP contribution in [0.2, 0.25) is 0 Å². The highest BCUT2D eigenvalue weighted by Crippen LogP contribution is 2.29. The topological polar surface area (TPSA) is 15.7 Å². The minimum Gasteiger partial charge on any atom is -0.380 e. The molecule has 1 aromatic rings. The largest absolute Gasteiger partial charge is 0.380 e. The average Bonchev–Trinajstić information content (AvgIpc) is 2.57. The molecular weight excluding hydrogens is 272 g/mol. The summed E-state index contributed by atoms with van der Waals surface area (Å²) in [4.78, 5) is 5.13. The van der Waals surface area contributed by atoms with Crippen LogP contribution < -0.4 is 0 Å². The van der Waals surface area contributed by atoms with Crippen molar-refractivity contribution < 1.29 is 4.74 Å². The molecule has 0 spiro atoms. The quantitative estimate of drug-likeness (QED) is 0.567. The van der Waals surface area contributed by atoms with Gasteiger partial charge in [-0.3, -0.25) is 9.80 Å². The van der Waals surface area contributed by atoms with Gasteiger partial charge in [0.1, 0.15) is 0 Å². The highest BCUT2D eigenvalue weighted by atomic mass is 16.5. The van der Waals surface area contributed by atoms with Crippen LogP contribution in [-0.4, -0.2) is 55.7 Å². The first-order valence-corrected chi connectivity index (χ1v) is 8.48. The smallest absolute Gasteiger partial charge is 0.0593 e. The molecule has 0 N–H and O–H groups in total. The second kappa shape index (κ2) is 9.09. The van der Waals surface area contributed by atoms with Gasteiger partial charge in [0.2, 0.25) is 0 Å². The van der Waals surface area contributed by atoms with E-state index in [1.165, 1.54) is 11.1 Å². The molecule has 0 amide bonds. The maximum absolute atomic E-state index is 5.47. The van der Waals surface area contributed by atoms with Gasteiger partial charge in [-0.25, -0.2) is 0 Å². The van der Waals surface area contributed by atoms with Crippen LogP contribution in [0.3, 0.4) is 0 Å². The molecule has 1 fully saturated rings. The van der Waals surface area contributed by atoms with Gasteiger partial charge in [0, 0.05) is 39.3 Å². The number of rotatable bonds is 7. The molecule has 3 heteroatoms. The molecule has 1 aliphatic rings. The molecule has 1 saturated heterocycles. The van der Waals surface area contributed by atoms with E-state index in [-0.39, 0.29) is 0 Å². The Morgan fingerprint density at radius 3 is 2.45 bits per heavy atom. The van der Waals surface area contributed by atoms with Gasteiger partial charge in [-0.15, -0.1) is 0 Å². The van der Waals surface area contributed by atoms with Crippen LogP contribution >= 0.6 is 0 Å². The number of nitrogens with zero attached hydrogens (tertiary/aromatic N) is 2. The lowest BCUT2D eigenvalue weighted by atomic mass is 9.97. The number of piperazine rings is 1. The molecule has 1 heterocycles. The third kappa shape index (κ3) is 4.67. The summed E-state index contributed by atoms with van der Waals surface area (Å²) in [6.07, 6.45) is 2.25. The Morgan fingerprint density at radius 1 is 1.18 bits per heavy atom. The third-order valence-electron chi connectivity index (χ3n) is 4.53. The molecule has 122 valence electrons. The average molecular weight is 302 g/mol. The van der Waals surface area contributed by atoms with Crippen molar-refractivity contribution in [1.29, 1.82) is 0 Å². The number of benzene rings is 1. The van der Waals surface area contributed by atoms with E-state index in [2.05, 4.69) is 67.0 Å². The van der Waals surface area contributed by atoms with E-state index < -0.39 is 0 Å². The third-order valence-corrected chi connectivity index (χ3v) is 4.53. The SMILES string of the molecule is C/C=C(\C)C(c1ccccc1)N1CCN(CCOCC)CC1. The molecule has 0 saturated carbocycles. The van der Waals surface area contributed by atoms with E-state index in [4.69, 9.17) is 4.74 Å². The fourth-order valence-electron chi connectivity index (χ4n) is 3.14. The highest BCUT2D eigenvalue weighted by Gasteiger charge is 2.25. The molecule has 1 unspecified atom stereocenters. The molecule has 0 radical (unpaired) electrons. The van der Waals surface area contributed by atoms with Crippen molar-refractivity contribution in [2.75, 3.05) is 45.9 Å². The zero-order valence-electron chi connectivity index (χ0n) is 14.3. The first kappa shape index (κ1) is 17.2. The van der Waals surface area contributed by atoms with E-state index in [9.17, 15) is 0 Å². The second-order valence-electron chi connectivity index (χ2n) is 5.92. The highest BCUT2D eigenvalue weighted by molar-refractivity contribution is 5.27. The lowest BCUT2D eigenvalue weighted by Gasteiger charge is -2.40. The van der Waals surface area contributed by atoms with E-state index in [0.717, 1.165) is 45.9 Å². The Balaban J connectivity index is 1.97. The molecule has 22 heavy (non-hydrogen) atoms. The van der Waals surface area contributed by atoms with Crippen molar-refractivity contribution in [3.05, 3.63) is 47.5 Å². The van der Waals surface area contributed by atoms with Gasteiger partial charge in [0.15, 0.2) is 0 Å². The van der Waals surface area contributed by atoms with E-state index in [1.54, 1.807) is 0 Å². The minimum atomic E-state index is 0.417. The maximum atomic E-state index is 5.47. The summed E-state index contributed by atoms with van der Waals surface area (Å²) in [5, 5.41) is 0. The Labute approximate surface area is 135 Å².